The molecule has 1 heterocycles. The van der Waals surface area contributed by atoms with Crippen molar-refractivity contribution < 1.29 is 9.53 Å². The predicted molar refractivity (Wildman–Crippen MR) is 77.0 cm³/mol. The first kappa shape index (κ1) is 13.5. The SMILES string of the molecule is CN(C(=O)OCc1ccccc1)c1ccc(Br)nc1. The van der Waals surface area contributed by atoms with Crippen molar-refractivity contribution in [3.8, 4) is 0 Å². The molecular weight excluding hydrogens is 308 g/mol. The summed E-state index contributed by atoms with van der Waals surface area (Å²) in [6.45, 7) is 0.258. The largest absolute Gasteiger partial charge is 0.444 e. The van der Waals surface area contributed by atoms with Crippen LogP contribution in [-0.4, -0.2) is 18.1 Å². The standard InChI is InChI=1S/C14H13BrN2O2/c1-17(12-7-8-13(15)16-9-12)14(18)19-10-11-5-3-2-4-6-11/h2-9H,10H2,1H3. The number of halogens is 1. The van der Waals surface area contributed by atoms with Gasteiger partial charge in [0.15, 0.2) is 0 Å². The van der Waals surface area contributed by atoms with Crippen LogP contribution >= 0.6 is 15.9 Å². The van der Waals surface area contributed by atoms with E-state index in [0.717, 1.165) is 10.2 Å². The zero-order valence-electron chi connectivity index (χ0n) is 10.4. The molecule has 4 nitrogen and oxygen atoms in total. The van der Waals surface area contributed by atoms with Crippen LogP contribution in [-0.2, 0) is 11.3 Å². The van der Waals surface area contributed by atoms with Crippen LogP contribution in [0.25, 0.3) is 0 Å². The molecule has 0 N–H and O–H groups in total. The second-order valence-electron chi connectivity index (χ2n) is 3.94. The van der Waals surface area contributed by atoms with Crippen LogP contribution < -0.4 is 4.90 Å². The number of nitrogens with zero attached hydrogens (tertiary/aromatic N) is 2. The summed E-state index contributed by atoms with van der Waals surface area (Å²) in [6.07, 6.45) is 1.20. The molecule has 98 valence electrons. The summed E-state index contributed by atoms with van der Waals surface area (Å²) >= 11 is 3.25. The van der Waals surface area contributed by atoms with Crippen LogP contribution in [0.1, 0.15) is 5.56 Å². The van der Waals surface area contributed by atoms with Gasteiger partial charge >= 0.3 is 6.09 Å². The number of rotatable bonds is 3. The summed E-state index contributed by atoms with van der Waals surface area (Å²) in [5.41, 5.74) is 1.64. The Morgan fingerprint density at radius 2 is 2.00 bits per heavy atom. The first-order valence-corrected chi connectivity index (χ1v) is 6.52. The van der Waals surface area contributed by atoms with Gasteiger partial charge in [-0.3, -0.25) is 4.90 Å². The molecule has 2 rings (SSSR count). The number of carbonyl (C=O) groups excluding carboxylic acids is 1. The smallest absolute Gasteiger partial charge is 0.414 e. The molecule has 0 aliphatic heterocycles. The number of carbonyl (C=O) groups is 1. The van der Waals surface area contributed by atoms with Gasteiger partial charge in [-0.05, 0) is 33.6 Å². The Labute approximate surface area is 120 Å². The molecule has 1 amide bonds. The van der Waals surface area contributed by atoms with Crippen LogP contribution in [0.4, 0.5) is 10.5 Å². The van der Waals surface area contributed by atoms with E-state index >= 15 is 0 Å². The number of hydrogen-bond donors (Lipinski definition) is 0. The van der Waals surface area contributed by atoms with E-state index in [2.05, 4.69) is 20.9 Å². The van der Waals surface area contributed by atoms with Gasteiger partial charge in [-0.1, -0.05) is 30.3 Å². The molecule has 0 unspecified atom stereocenters. The van der Waals surface area contributed by atoms with Gasteiger partial charge in [-0.2, -0.15) is 0 Å². The maximum atomic E-state index is 11.9. The Morgan fingerprint density at radius 3 is 2.63 bits per heavy atom. The van der Waals surface area contributed by atoms with E-state index in [-0.39, 0.29) is 6.61 Å². The number of aromatic nitrogens is 1. The average molecular weight is 321 g/mol. The van der Waals surface area contributed by atoms with Crippen LogP contribution in [0.3, 0.4) is 0 Å². The fourth-order valence-corrected chi connectivity index (χ4v) is 1.72. The molecule has 1 aromatic heterocycles. The summed E-state index contributed by atoms with van der Waals surface area (Å²) in [6, 6.07) is 13.1. The molecule has 1 aromatic carbocycles. The van der Waals surface area contributed by atoms with Gasteiger partial charge in [0.05, 0.1) is 11.9 Å². The minimum atomic E-state index is -0.409. The van der Waals surface area contributed by atoms with Gasteiger partial charge < -0.3 is 4.74 Å². The van der Waals surface area contributed by atoms with Crippen LogP contribution in [0.2, 0.25) is 0 Å². The summed E-state index contributed by atoms with van der Waals surface area (Å²) in [5.74, 6) is 0. The lowest BCUT2D eigenvalue weighted by Crippen LogP contribution is -2.27. The number of pyridine rings is 1. The van der Waals surface area contributed by atoms with Gasteiger partial charge in [-0.25, -0.2) is 9.78 Å². The second kappa shape index (κ2) is 6.33. The van der Waals surface area contributed by atoms with E-state index in [1.165, 1.54) is 4.90 Å². The van der Waals surface area contributed by atoms with E-state index in [4.69, 9.17) is 4.74 Å². The predicted octanol–water partition coefficient (Wildman–Crippen LogP) is 3.62. The third kappa shape index (κ3) is 3.79. The first-order chi connectivity index (χ1) is 9.16. The molecule has 0 fully saturated rings. The number of benzene rings is 1. The number of amides is 1. The average Bonchev–Trinajstić information content (AvgIpc) is 2.46. The highest BCUT2D eigenvalue weighted by Crippen LogP contribution is 2.15. The van der Waals surface area contributed by atoms with Gasteiger partial charge in [0.2, 0.25) is 0 Å². The van der Waals surface area contributed by atoms with E-state index in [1.54, 1.807) is 25.4 Å². The van der Waals surface area contributed by atoms with E-state index in [9.17, 15) is 4.79 Å². The maximum absolute atomic E-state index is 11.9. The molecule has 0 aliphatic carbocycles. The molecule has 0 aliphatic rings. The fourth-order valence-electron chi connectivity index (χ4n) is 1.49. The number of hydrogen-bond acceptors (Lipinski definition) is 3. The minimum Gasteiger partial charge on any atom is -0.444 e. The van der Waals surface area contributed by atoms with Crippen molar-refractivity contribution in [3.05, 3.63) is 58.8 Å². The number of anilines is 1. The molecule has 2 aromatic rings. The third-order valence-corrected chi connectivity index (χ3v) is 3.05. The highest BCUT2D eigenvalue weighted by Gasteiger charge is 2.12. The van der Waals surface area contributed by atoms with Gasteiger partial charge in [0.1, 0.15) is 11.2 Å². The monoisotopic (exact) mass is 320 g/mol. The topological polar surface area (TPSA) is 42.4 Å². The quantitative estimate of drug-likeness (QED) is 0.811. The van der Waals surface area contributed by atoms with Crippen LogP contribution in [0, 0.1) is 0 Å². The zero-order valence-corrected chi connectivity index (χ0v) is 12.0. The minimum absolute atomic E-state index is 0.258. The molecular formula is C14H13BrN2O2. The molecule has 0 bridgehead atoms. The lowest BCUT2D eigenvalue weighted by atomic mass is 10.2. The summed E-state index contributed by atoms with van der Waals surface area (Å²) in [5, 5.41) is 0. The lowest BCUT2D eigenvalue weighted by molar-refractivity contribution is 0.148. The Morgan fingerprint density at radius 1 is 1.26 bits per heavy atom. The molecule has 0 saturated carbocycles. The van der Waals surface area contributed by atoms with Crippen LogP contribution in [0.5, 0.6) is 0 Å². The molecule has 0 radical (unpaired) electrons. The van der Waals surface area contributed by atoms with Crippen molar-refractivity contribution in [2.75, 3.05) is 11.9 Å². The lowest BCUT2D eigenvalue weighted by Gasteiger charge is -2.16. The van der Waals surface area contributed by atoms with Crippen molar-refractivity contribution in [1.82, 2.24) is 4.98 Å². The van der Waals surface area contributed by atoms with Crippen molar-refractivity contribution in [2.24, 2.45) is 0 Å². The second-order valence-corrected chi connectivity index (χ2v) is 4.75. The Hall–Kier alpha value is -1.88. The summed E-state index contributed by atoms with van der Waals surface area (Å²) in [4.78, 5) is 17.4. The molecule has 0 spiro atoms. The molecule has 5 heteroatoms. The normalized spacial score (nSPS) is 10.0. The summed E-state index contributed by atoms with van der Waals surface area (Å²) < 4.78 is 5.95. The van der Waals surface area contributed by atoms with Crippen molar-refractivity contribution in [1.29, 1.82) is 0 Å². The molecule has 19 heavy (non-hydrogen) atoms. The van der Waals surface area contributed by atoms with Gasteiger partial charge in [0.25, 0.3) is 0 Å². The third-order valence-electron chi connectivity index (χ3n) is 2.58. The van der Waals surface area contributed by atoms with E-state index < -0.39 is 6.09 Å². The zero-order chi connectivity index (χ0) is 13.7. The highest BCUT2D eigenvalue weighted by molar-refractivity contribution is 9.10. The highest BCUT2D eigenvalue weighted by atomic mass is 79.9. The Kier molecular flexibility index (Phi) is 4.52. The number of ether oxygens (including phenoxy) is 1. The van der Waals surface area contributed by atoms with Gasteiger partial charge in [0, 0.05) is 7.05 Å². The van der Waals surface area contributed by atoms with Crippen molar-refractivity contribution in [2.45, 2.75) is 6.61 Å². The van der Waals surface area contributed by atoms with E-state index in [1.807, 2.05) is 30.3 Å². The van der Waals surface area contributed by atoms with Crippen LogP contribution in [0.15, 0.2) is 53.3 Å². The van der Waals surface area contributed by atoms with Crippen molar-refractivity contribution in [3.63, 3.8) is 0 Å². The Balaban J connectivity index is 1.94. The first-order valence-electron chi connectivity index (χ1n) is 5.73. The molecule has 0 saturated heterocycles. The fraction of sp³-hybridized carbons (Fsp3) is 0.143. The molecule has 0 atom stereocenters. The Bertz CT molecular complexity index is 543. The van der Waals surface area contributed by atoms with Crippen molar-refractivity contribution >= 4 is 27.7 Å². The van der Waals surface area contributed by atoms with Gasteiger partial charge in [-0.15, -0.1) is 0 Å². The van der Waals surface area contributed by atoms with E-state index in [0.29, 0.717) is 5.69 Å². The summed E-state index contributed by atoms with van der Waals surface area (Å²) in [7, 11) is 1.65. The maximum Gasteiger partial charge on any atom is 0.414 e.